The standard InChI is InChI=1S/C18H25N5O2.HI/c1-14(24)21-9-11-22(12-10-21)18(19-2)20-13-17(25)23-8-7-15-5-3-4-6-16(15)23;/h3-6H,7-13H2,1-2H3,(H,19,20);1H. The monoisotopic (exact) mass is 471 g/mol. The Morgan fingerprint density at radius 3 is 2.38 bits per heavy atom. The summed E-state index contributed by atoms with van der Waals surface area (Å²) in [5, 5.41) is 3.17. The number of aliphatic imine (C=N–C) groups is 1. The van der Waals surface area contributed by atoms with Gasteiger partial charge < -0.3 is 20.0 Å². The second-order valence-electron chi connectivity index (χ2n) is 6.32. The molecule has 7 nitrogen and oxygen atoms in total. The first-order valence-corrected chi connectivity index (χ1v) is 8.69. The molecule has 0 saturated carbocycles. The number of guanidine groups is 1. The van der Waals surface area contributed by atoms with Crippen LogP contribution in [0.5, 0.6) is 0 Å². The van der Waals surface area contributed by atoms with Gasteiger partial charge in [0.2, 0.25) is 11.8 Å². The Labute approximate surface area is 171 Å². The summed E-state index contributed by atoms with van der Waals surface area (Å²) in [5.41, 5.74) is 2.24. The third kappa shape index (κ3) is 4.46. The van der Waals surface area contributed by atoms with Gasteiger partial charge in [-0.15, -0.1) is 24.0 Å². The van der Waals surface area contributed by atoms with Crippen molar-refractivity contribution in [2.75, 3.05) is 51.2 Å². The lowest BCUT2D eigenvalue weighted by Crippen LogP contribution is -2.54. The van der Waals surface area contributed by atoms with Crippen LogP contribution >= 0.6 is 24.0 Å². The third-order valence-electron chi connectivity index (χ3n) is 4.82. The zero-order valence-corrected chi connectivity index (χ0v) is 17.6. The van der Waals surface area contributed by atoms with Crippen LogP contribution in [0.3, 0.4) is 0 Å². The van der Waals surface area contributed by atoms with E-state index >= 15 is 0 Å². The van der Waals surface area contributed by atoms with Crippen LogP contribution in [-0.4, -0.2) is 73.9 Å². The van der Waals surface area contributed by atoms with Crippen molar-refractivity contribution >= 4 is 47.4 Å². The molecule has 0 aromatic heterocycles. The highest BCUT2D eigenvalue weighted by molar-refractivity contribution is 14.0. The average molecular weight is 471 g/mol. The van der Waals surface area contributed by atoms with E-state index in [0.29, 0.717) is 19.0 Å². The van der Waals surface area contributed by atoms with Gasteiger partial charge in [-0.05, 0) is 18.1 Å². The normalized spacial score (nSPS) is 16.8. The van der Waals surface area contributed by atoms with E-state index in [1.54, 1.807) is 14.0 Å². The molecule has 2 amide bonds. The topological polar surface area (TPSA) is 68.2 Å². The molecule has 142 valence electrons. The number of nitrogens with one attached hydrogen (secondary N) is 1. The number of hydrogen-bond acceptors (Lipinski definition) is 3. The SMILES string of the molecule is CN=C(NCC(=O)N1CCc2ccccc21)N1CCN(C(C)=O)CC1.I. The summed E-state index contributed by atoms with van der Waals surface area (Å²) in [4.78, 5) is 34.0. The van der Waals surface area contributed by atoms with Crippen LogP contribution in [0.25, 0.3) is 0 Å². The number of benzene rings is 1. The minimum atomic E-state index is 0. The average Bonchev–Trinajstić information content (AvgIpc) is 3.06. The van der Waals surface area contributed by atoms with Crippen LogP contribution in [0.4, 0.5) is 5.69 Å². The number of carbonyl (C=O) groups excluding carboxylic acids is 2. The van der Waals surface area contributed by atoms with Gasteiger partial charge in [-0.2, -0.15) is 0 Å². The molecule has 1 fully saturated rings. The minimum Gasteiger partial charge on any atom is -0.347 e. The highest BCUT2D eigenvalue weighted by Gasteiger charge is 2.25. The summed E-state index contributed by atoms with van der Waals surface area (Å²) in [5.74, 6) is 0.864. The summed E-state index contributed by atoms with van der Waals surface area (Å²) in [7, 11) is 1.72. The molecule has 0 bridgehead atoms. The van der Waals surface area contributed by atoms with Crippen molar-refractivity contribution in [3.05, 3.63) is 29.8 Å². The molecule has 26 heavy (non-hydrogen) atoms. The number of hydrogen-bond donors (Lipinski definition) is 1. The molecule has 0 unspecified atom stereocenters. The molecule has 1 N–H and O–H groups in total. The molecule has 2 aliphatic heterocycles. The molecule has 0 radical (unpaired) electrons. The predicted octanol–water partition coefficient (Wildman–Crippen LogP) is 0.933. The largest absolute Gasteiger partial charge is 0.347 e. The molecule has 1 aromatic carbocycles. The fraction of sp³-hybridized carbons (Fsp3) is 0.500. The van der Waals surface area contributed by atoms with Gasteiger partial charge in [0.25, 0.3) is 0 Å². The molecule has 2 heterocycles. The minimum absolute atomic E-state index is 0. The van der Waals surface area contributed by atoms with Gasteiger partial charge >= 0.3 is 0 Å². The summed E-state index contributed by atoms with van der Waals surface area (Å²) in [6.45, 7) is 5.35. The maximum atomic E-state index is 12.6. The van der Waals surface area contributed by atoms with Gasteiger partial charge in [0.05, 0.1) is 6.54 Å². The number of fused-ring (bicyclic) bond motifs is 1. The molecular weight excluding hydrogens is 445 g/mol. The summed E-state index contributed by atoms with van der Waals surface area (Å²) in [6.07, 6.45) is 0.906. The van der Waals surface area contributed by atoms with Crippen molar-refractivity contribution in [2.24, 2.45) is 4.99 Å². The summed E-state index contributed by atoms with van der Waals surface area (Å²) < 4.78 is 0. The maximum Gasteiger partial charge on any atom is 0.246 e. The van der Waals surface area contributed by atoms with Gasteiger partial charge in [0.15, 0.2) is 5.96 Å². The molecular formula is C18H26IN5O2. The van der Waals surface area contributed by atoms with E-state index in [1.807, 2.05) is 28.0 Å². The van der Waals surface area contributed by atoms with Crippen LogP contribution in [0.2, 0.25) is 0 Å². The number of piperazine rings is 1. The Bertz CT molecular complexity index is 686. The molecule has 0 atom stereocenters. The van der Waals surface area contributed by atoms with E-state index in [9.17, 15) is 9.59 Å². The van der Waals surface area contributed by atoms with Crippen LogP contribution in [0.1, 0.15) is 12.5 Å². The smallest absolute Gasteiger partial charge is 0.246 e. The Morgan fingerprint density at radius 1 is 1.08 bits per heavy atom. The molecule has 2 aliphatic rings. The van der Waals surface area contributed by atoms with Crippen molar-refractivity contribution in [1.82, 2.24) is 15.1 Å². The van der Waals surface area contributed by atoms with Crippen molar-refractivity contribution in [3.63, 3.8) is 0 Å². The number of carbonyl (C=O) groups is 2. The molecule has 3 rings (SSSR count). The zero-order valence-electron chi connectivity index (χ0n) is 15.3. The Hall–Kier alpha value is -1.84. The van der Waals surface area contributed by atoms with Crippen molar-refractivity contribution < 1.29 is 9.59 Å². The van der Waals surface area contributed by atoms with Crippen molar-refractivity contribution in [2.45, 2.75) is 13.3 Å². The third-order valence-corrected chi connectivity index (χ3v) is 4.82. The van der Waals surface area contributed by atoms with Crippen LogP contribution in [0, 0.1) is 0 Å². The first kappa shape index (κ1) is 20.5. The van der Waals surface area contributed by atoms with Crippen molar-refractivity contribution in [1.29, 1.82) is 0 Å². The lowest BCUT2D eigenvalue weighted by Gasteiger charge is -2.36. The fourth-order valence-corrected chi connectivity index (χ4v) is 3.41. The lowest BCUT2D eigenvalue weighted by molar-refractivity contribution is -0.130. The first-order valence-electron chi connectivity index (χ1n) is 8.69. The van der Waals surface area contributed by atoms with Crippen molar-refractivity contribution in [3.8, 4) is 0 Å². The Balaban J connectivity index is 0.00000243. The van der Waals surface area contributed by atoms with Crippen LogP contribution in [-0.2, 0) is 16.0 Å². The van der Waals surface area contributed by atoms with E-state index < -0.39 is 0 Å². The molecule has 1 saturated heterocycles. The molecule has 1 aromatic rings. The van der Waals surface area contributed by atoms with Gasteiger partial charge in [0, 0.05) is 52.4 Å². The predicted molar refractivity (Wildman–Crippen MR) is 113 cm³/mol. The van der Waals surface area contributed by atoms with E-state index in [4.69, 9.17) is 0 Å². The van der Waals surface area contributed by atoms with E-state index in [-0.39, 0.29) is 42.3 Å². The number of halogens is 1. The number of rotatable bonds is 2. The van der Waals surface area contributed by atoms with Gasteiger partial charge in [-0.25, -0.2) is 0 Å². The zero-order chi connectivity index (χ0) is 17.8. The number of amides is 2. The molecule has 0 aliphatic carbocycles. The summed E-state index contributed by atoms with van der Waals surface area (Å²) in [6, 6.07) is 8.04. The second-order valence-corrected chi connectivity index (χ2v) is 6.32. The van der Waals surface area contributed by atoms with Crippen LogP contribution < -0.4 is 10.2 Å². The number of para-hydroxylation sites is 1. The first-order chi connectivity index (χ1) is 12.1. The Morgan fingerprint density at radius 2 is 1.73 bits per heavy atom. The molecule has 8 heteroatoms. The summed E-state index contributed by atoms with van der Waals surface area (Å²) >= 11 is 0. The number of anilines is 1. The lowest BCUT2D eigenvalue weighted by atomic mass is 10.2. The van der Waals surface area contributed by atoms with E-state index in [0.717, 1.165) is 31.7 Å². The van der Waals surface area contributed by atoms with Gasteiger partial charge in [0.1, 0.15) is 0 Å². The second kappa shape index (κ2) is 9.20. The van der Waals surface area contributed by atoms with Crippen LogP contribution in [0.15, 0.2) is 29.3 Å². The fourth-order valence-electron chi connectivity index (χ4n) is 3.41. The maximum absolute atomic E-state index is 12.6. The van der Waals surface area contributed by atoms with Gasteiger partial charge in [-0.3, -0.25) is 14.6 Å². The number of nitrogens with zero attached hydrogens (tertiary/aromatic N) is 4. The quantitative estimate of drug-likeness (QED) is 0.396. The highest BCUT2D eigenvalue weighted by Crippen LogP contribution is 2.27. The van der Waals surface area contributed by atoms with E-state index in [2.05, 4.69) is 21.3 Å². The Kier molecular flexibility index (Phi) is 7.24. The molecule has 0 spiro atoms. The van der Waals surface area contributed by atoms with Gasteiger partial charge in [-0.1, -0.05) is 18.2 Å². The highest BCUT2D eigenvalue weighted by atomic mass is 127. The van der Waals surface area contributed by atoms with E-state index in [1.165, 1.54) is 5.56 Å².